The van der Waals surface area contributed by atoms with Crippen molar-refractivity contribution >= 4 is 40.6 Å². The highest BCUT2D eigenvalue weighted by Crippen LogP contribution is 2.37. The summed E-state index contributed by atoms with van der Waals surface area (Å²) in [5, 5.41) is 18.2. The van der Waals surface area contributed by atoms with Crippen molar-refractivity contribution in [2.24, 2.45) is 0 Å². The lowest BCUT2D eigenvalue weighted by Crippen LogP contribution is -2.28. The number of anilines is 1. The van der Waals surface area contributed by atoms with Crippen LogP contribution in [0.4, 0.5) is 10.5 Å². The van der Waals surface area contributed by atoms with Gasteiger partial charge in [-0.1, -0.05) is 19.1 Å². The number of rotatable bonds is 6. The molecule has 0 bridgehead atoms. The lowest BCUT2D eigenvalue weighted by atomic mass is 10.1. The van der Waals surface area contributed by atoms with Crippen LogP contribution in [-0.4, -0.2) is 33.4 Å². The Kier molecular flexibility index (Phi) is 5.93. The van der Waals surface area contributed by atoms with Crippen LogP contribution < -0.4 is 9.64 Å². The Morgan fingerprint density at radius 3 is 2.48 bits per heavy atom. The minimum Gasteiger partial charge on any atom is -0.508 e. The van der Waals surface area contributed by atoms with Crippen molar-refractivity contribution in [1.82, 2.24) is 0 Å². The molecule has 1 atom stereocenters. The molecule has 3 rings (SSSR count). The SMILES string of the molecule is CCC(Oc1ccc(/C=C2/SC(=O)N(c3ccc(O)cc3C)C2=O)cc1)C(=O)O. The van der Waals surface area contributed by atoms with E-state index in [-0.39, 0.29) is 10.7 Å². The third-order valence-electron chi connectivity index (χ3n) is 4.32. The van der Waals surface area contributed by atoms with Gasteiger partial charge in [-0.25, -0.2) is 9.69 Å². The average Bonchev–Trinajstić information content (AvgIpc) is 2.94. The number of thioether (sulfide) groups is 1. The van der Waals surface area contributed by atoms with Crippen LogP contribution in [0.15, 0.2) is 47.4 Å². The summed E-state index contributed by atoms with van der Waals surface area (Å²) < 4.78 is 5.41. The highest BCUT2D eigenvalue weighted by atomic mass is 32.2. The van der Waals surface area contributed by atoms with Gasteiger partial charge in [0.1, 0.15) is 11.5 Å². The van der Waals surface area contributed by atoms with Crippen LogP contribution >= 0.6 is 11.8 Å². The van der Waals surface area contributed by atoms with Crippen molar-refractivity contribution in [2.45, 2.75) is 26.4 Å². The van der Waals surface area contributed by atoms with Gasteiger partial charge < -0.3 is 14.9 Å². The number of carboxylic acid groups (broad SMARTS) is 1. The minimum atomic E-state index is -1.03. The second-order valence-electron chi connectivity index (χ2n) is 6.41. The molecule has 0 spiro atoms. The van der Waals surface area contributed by atoms with E-state index < -0.39 is 23.2 Å². The molecule has 2 aromatic rings. The van der Waals surface area contributed by atoms with E-state index in [0.29, 0.717) is 29.0 Å². The van der Waals surface area contributed by atoms with Crippen LogP contribution in [0.1, 0.15) is 24.5 Å². The van der Waals surface area contributed by atoms with Gasteiger partial charge >= 0.3 is 5.97 Å². The third-order valence-corrected chi connectivity index (χ3v) is 5.19. The molecule has 2 N–H and O–H groups in total. The Bertz CT molecular complexity index is 999. The Morgan fingerprint density at radius 2 is 1.90 bits per heavy atom. The number of aromatic hydroxyl groups is 1. The van der Waals surface area contributed by atoms with Gasteiger partial charge in [0.05, 0.1) is 10.6 Å². The monoisotopic (exact) mass is 413 g/mol. The fourth-order valence-electron chi connectivity index (χ4n) is 2.83. The molecule has 1 saturated heterocycles. The Labute approximate surface area is 171 Å². The number of hydrogen-bond donors (Lipinski definition) is 2. The Morgan fingerprint density at radius 1 is 1.21 bits per heavy atom. The highest BCUT2D eigenvalue weighted by molar-refractivity contribution is 8.19. The molecule has 0 saturated carbocycles. The van der Waals surface area contributed by atoms with Gasteiger partial charge in [0, 0.05) is 0 Å². The van der Waals surface area contributed by atoms with Gasteiger partial charge in [0.25, 0.3) is 11.1 Å². The maximum absolute atomic E-state index is 12.7. The summed E-state index contributed by atoms with van der Waals surface area (Å²) >= 11 is 0.834. The fraction of sp³-hybridized carbons (Fsp3) is 0.190. The summed E-state index contributed by atoms with van der Waals surface area (Å²) in [6.45, 7) is 3.43. The first-order chi connectivity index (χ1) is 13.8. The zero-order valence-electron chi connectivity index (χ0n) is 15.8. The molecule has 0 aromatic heterocycles. The van der Waals surface area contributed by atoms with Crippen molar-refractivity contribution in [3.63, 3.8) is 0 Å². The van der Waals surface area contributed by atoms with Gasteiger partial charge in [-0.2, -0.15) is 0 Å². The molecule has 1 aliphatic rings. The summed E-state index contributed by atoms with van der Waals surface area (Å²) in [6, 6.07) is 11.0. The molecule has 150 valence electrons. The minimum absolute atomic E-state index is 0.0595. The third kappa shape index (κ3) is 4.43. The van der Waals surface area contributed by atoms with Crippen LogP contribution in [-0.2, 0) is 9.59 Å². The van der Waals surface area contributed by atoms with Crippen LogP contribution in [0, 0.1) is 6.92 Å². The molecule has 1 aliphatic heterocycles. The van der Waals surface area contributed by atoms with E-state index in [1.165, 1.54) is 18.2 Å². The van der Waals surface area contributed by atoms with Crippen LogP contribution in [0.3, 0.4) is 0 Å². The summed E-state index contributed by atoms with van der Waals surface area (Å²) in [5.74, 6) is -1.01. The van der Waals surface area contributed by atoms with E-state index in [1.807, 2.05) is 0 Å². The van der Waals surface area contributed by atoms with Crippen molar-refractivity contribution in [2.75, 3.05) is 4.90 Å². The molecular formula is C21H19NO6S. The van der Waals surface area contributed by atoms with Crippen LogP contribution in [0.5, 0.6) is 11.5 Å². The lowest BCUT2D eigenvalue weighted by Gasteiger charge is -2.15. The number of nitrogens with zero attached hydrogens (tertiary/aromatic N) is 1. The van der Waals surface area contributed by atoms with Gasteiger partial charge in [-0.3, -0.25) is 9.59 Å². The second-order valence-corrected chi connectivity index (χ2v) is 7.40. The normalized spacial score (nSPS) is 16.3. The van der Waals surface area contributed by atoms with E-state index in [2.05, 4.69) is 0 Å². The molecule has 7 nitrogen and oxygen atoms in total. The molecule has 8 heteroatoms. The van der Waals surface area contributed by atoms with Crippen molar-refractivity contribution in [1.29, 1.82) is 0 Å². The number of benzene rings is 2. The smallest absolute Gasteiger partial charge is 0.344 e. The number of carboxylic acids is 1. The first-order valence-electron chi connectivity index (χ1n) is 8.87. The van der Waals surface area contributed by atoms with Gasteiger partial charge in [0.2, 0.25) is 0 Å². The predicted octanol–water partition coefficient (Wildman–Crippen LogP) is 4.18. The average molecular weight is 413 g/mol. The molecule has 1 heterocycles. The first-order valence-corrected chi connectivity index (χ1v) is 9.69. The van der Waals surface area contributed by atoms with Gasteiger partial charge in [-0.05, 0) is 72.6 Å². The molecule has 1 fully saturated rings. The van der Waals surface area contributed by atoms with Crippen molar-refractivity contribution < 1.29 is 29.3 Å². The molecule has 2 amide bonds. The standard InChI is InChI=1S/C21H19NO6S/c1-3-17(20(25)26)28-15-7-4-13(5-8-15)11-18-19(24)22(21(27)29-18)16-9-6-14(23)10-12(16)2/h4-11,17,23H,3H2,1-2H3,(H,25,26)/b18-11+. The molecule has 0 aliphatic carbocycles. The maximum atomic E-state index is 12.7. The molecular weight excluding hydrogens is 394 g/mol. The number of carbonyl (C=O) groups is 3. The number of amides is 2. The zero-order valence-corrected chi connectivity index (χ0v) is 16.6. The number of aryl methyl sites for hydroxylation is 1. The number of carbonyl (C=O) groups excluding carboxylic acids is 2. The highest BCUT2D eigenvalue weighted by Gasteiger charge is 2.37. The molecule has 29 heavy (non-hydrogen) atoms. The summed E-state index contributed by atoms with van der Waals surface area (Å²) in [7, 11) is 0. The molecule has 2 aromatic carbocycles. The predicted molar refractivity (Wildman–Crippen MR) is 110 cm³/mol. The van der Waals surface area contributed by atoms with Crippen molar-refractivity contribution in [3.05, 3.63) is 58.5 Å². The summed E-state index contributed by atoms with van der Waals surface area (Å²) in [4.78, 5) is 37.6. The van der Waals surface area contributed by atoms with E-state index in [9.17, 15) is 19.5 Å². The number of phenols is 1. The summed E-state index contributed by atoms with van der Waals surface area (Å²) in [6.07, 6.45) is 1.01. The van der Waals surface area contributed by atoms with E-state index in [0.717, 1.165) is 16.7 Å². The van der Waals surface area contributed by atoms with E-state index in [4.69, 9.17) is 9.84 Å². The molecule has 0 radical (unpaired) electrons. The van der Waals surface area contributed by atoms with Crippen LogP contribution in [0.25, 0.3) is 6.08 Å². The van der Waals surface area contributed by atoms with Gasteiger partial charge in [-0.15, -0.1) is 0 Å². The van der Waals surface area contributed by atoms with Crippen molar-refractivity contribution in [3.8, 4) is 11.5 Å². The fourth-order valence-corrected chi connectivity index (χ4v) is 3.67. The summed E-state index contributed by atoms with van der Waals surface area (Å²) in [5.41, 5.74) is 1.71. The van der Waals surface area contributed by atoms with E-state index in [1.54, 1.807) is 44.2 Å². The topological polar surface area (TPSA) is 104 Å². The number of aliphatic carboxylic acids is 1. The Balaban J connectivity index is 1.80. The number of hydrogen-bond acceptors (Lipinski definition) is 6. The maximum Gasteiger partial charge on any atom is 0.344 e. The zero-order chi connectivity index (χ0) is 21.1. The quantitative estimate of drug-likeness (QED) is 0.685. The number of imide groups is 1. The largest absolute Gasteiger partial charge is 0.508 e. The Hall–Kier alpha value is -3.26. The number of phenolic OH excluding ortho intramolecular Hbond substituents is 1. The number of ether oxygens (including phenoxy) is 1. The second kappa shape index (κ2) is 8.40. The van der Waals surface area contributed by atoms with Gasteiger partial charge in [0.15, 0.2) is 6.10 Å². The van der Waals surface area contributed by atoms with Crippen LogP contribution in [0.2, 0.25) is 0 Å². The first kappa shape index (κ1) is 20.5. The van der Waals surface area contributed by atoms with E-state index >= 15 is 0 Å². The lowest BCUT2D eigenvalue weighted by molar-refractivity contribution is -0.145. The molecule has 1 unspecified atom stereocenters.